The lowest BCUT2D eigenvalue weighted by Gasteiger charge is -2.24. The normalized spacial score (nSPS) is 14.2. The molecule has 22 nitrogen and oxygen atoms in total. The first-order valence-electron chi connectivity index (χ1n) is 18.9. The molecule has 9 N–H and O–H groups in total. The summed E-state index contributed by atoms with van der Waals surface area (Å²) in [6.45, 7) is 4.82. The molecule has 0 spiro atoms. The minimum absolute atomic E-state index is 0.0356. The number of nitrogens with zero attached hydrogens (tertiary/aromatic N) is 6. The molecule has 2 aromatic heterocycles. The maximum absolute atomic E-state index is 12.5. The zero-order chi connectivity index (χ0) is 41.7. The summed E-state index contributed by atoms with van der Waals surface area (Å²) in [5.74, 6) is -2.62. The van der Waals surface area contributed by atoms with Crippen molar-refractivity contribution in [2.24, 2.45) is 0 Å². The van der Waals surface area contributed by atoms with Gasteiger partial charge in [-0.2, -0.15) is 4.98 Å². The molecular weight excluding hydrogens is 760 g/mol. The fourth-order valence-corrected chi connectivity index (χ4v) is 5.78. The molecular formula is C36H52N12O10. The third-order valence-corrected chi connectivity index (χ3v) is 8.76. The molecule has 1 saturated heterocycles. The van der Waals surface area contributed by atoms with Crippen LogP contribution in [0.3, 0.4) is 0 Å². The molecule has 0 saturated carbocycles. The van der Waals surface area contributed by atoms with Crippen molar-refractivity contribution in [3.8, 4) is 0 Å². The molecule has 1 aliphatic rings. The number of benzene rings is 1. The number of nitrogens with two attached hydrogens (primary N) is 1. The molecule has 0 bridgehead atoms. The van der Waals surface area contributed by atoms with Gasteiger partial charge in [0.1, 0.15) is 0 Å². The highest BCUT2D eigenvalue weighted by atomic mass is 16.5. The Hall–Kier alpha value is -5.81. The molecule has 1 aliphatic heterocycles. The third kappa shape index (κ3) is 16.7. The summed E-state index contributed by atoms with van der Waals surface area (Å²) in [5, 5.41) is 29.9. The minimum atomic E-state index is -0.965. The number of aromatic nitrogens is 4. The quantitative estimate of drug-likeness (QED) is 0.0470. The van der Waals surface area contributed by atoms with Crippen molar-refractivity contribution in [2.75, 3.05) is 116 Å². The second-order valence-corrected chi connectivity index (χ2v) is 13.3. The first-order valence-corrected chi connectivity index (χ1v) is 18.9. The third-order valence-electron chi connectivity index (χ3n) is 8.76. The van der Waals surface area contributed by atoms with Gasteiger partial charge < -0.3 is 46.7 Å². The molecule has 0 atom stereocenters. The van der Waals surface area contributed by atoms with Crippen LogP contribution in [-0.4, -0.2) is 179 Å². The molecule has 1 aromatic carbocycles. The number of anilines is 2. The van der Waals surface area contributed by atoms with E-state index in [-0.39, 0.29) is 80.6 Å². The second kappa shape index (κ2) is 24.1. The highest BCUT2D eigenvalue weighted by molar-refractivity contribution is 5.94. The number of nitrogens with one attached hydrogen (secondary N) is 5. The van der Waals surface area contributed by atoms with E-state index in [1.54, 1.807) is 34.1 Å². The van der Waals surface area contributed by atoms with Gasteiger partial charge in [-0.25, -0.2) is 9.97 Å². The number of aliphatic carboxylic acids is 2. The van der Waals surface area contributed by atoms with Gasteiger partial charge in [0, 0.05) is 76.6 Å². The van der Waals surface area contributed by atoms with Crippen LogP contribution in [0.25, 0.3) is 11.2 Å². The number of ether oxygens (including phenoxy) is 2. The molecule has 0 radical (unpaired) electrons. The van der Waals surface area contributed by atoms with Crippen molar-refractivity contribution < 1.29 is 43.7 Å². The van der Waals surface area contributed by atoms with E-state index >= 15 is 0 Å². The van der Waals surface area contributed by atoms with Crippen LogP contribution in [-0.2, 0) is 35.2 Å². The van der Waals surface area contributed by atoms with Crippen LogP contribution in [0, 0.1) is 0 Å². The summed E-state index contributed by atoms with van der Waals surface area (Å²) >= 11 is 0. The van der Waals surface area contributed by atoms with Crippen molar-refractivity contribution in [3.63, 3.8) is 0 Å². The van der Waals surface area contributed by atoms with Gasteiger partial charge in [-0.1, -0.05) is 0 Å². The number of hydrogen-bond acceptors (Lipinski definition) is 16. The number of amides is 3. The summed E-state index contributed by atoms with van der Waals surface area (Å²) < 4.78 is 11.0. The van der Waals surface area contributed by atoms with Crippen molar-refractivity contribution in [1.29, 1.82) is 0 Å². The van der Waals surface area contributed by atoms with Crippen molar-refractivity contribution in [1.82, 2.24) is 50.6 Å². The van der Waals surface area contributed by atoms with Crippen molar-refractivity contribution in [2.45, 2.75) is 19.4 Å². The second-order valence-electron chi connectivity index (χ2n) is 13.3. The molecule has 0 aliphatic carbocycles. The number of hydrogen-bond donors (Lipinski definition) is 8. The van der Waals surface area contributed by atoms with Gasteiger partial charge in [0.15, 0.2) is 11.2 Å². The fraction of sp³-hybridized carbons (Fsp3) is 0.528. The smallest absolute Gasteiger partial charge is 0.317 e. The number of fused-ring (bicyclic) bond motifs is 1. The first-order chi connectivity index (χ1) is 27.9. The number of rotatable bonds is 23. The van der Waals surface area contributed by atoms with Gasteiger partial charge in [-0.05, 0) is 30.7 Å². The largest absolute Gasteiger partial charge is 0.480 e. The zero-order valence-corrected chi connectivity index (χ0v) is 32.2. The number of aromatic amines is 1. The summed E-state index contributed by atoms with van der Waals surface area (Å²) in [7, 11) is 0. The average Bonchev–Trinajstić information content (AvgIpc) is 3.27. The molecule has 0 unspecified atom stereocenters. The highest BCUT2D eigenvalue weighted by Crippen LogP contribution is 2.12. The van der Waals surface area contributed by atoms with E-state index in [1.165, 1.54) is 6.20 Å². The minimum Gasteiger partial charge on any atom is -0.480 e. The fourth-order valence-electron chi connectivity index (χ4n) is 5.78. The average molecular weight is 813 g/mol. The zero-order valence-electron chi connectivity index (χ0n) is 32.2. The SMILES string of the molecule is Nc1nc2ncc(CNc3ccc(C(=O)NCCCC(=O)NCCOCCOCCNC(=O)CN4CCN(CC(=O)O)CCN(CC(=O)O)CC4)cc3)nc2c(=O)[nH]1. The predicted molar refractivity (Wildman–Crippen MR) is 210 cm³/mol. The first kappa shape index (κ1) is 44.9. The van der Waals surface area contributed by atoms with E-state index in [9.17, 15) is 39.0 Å². The number of carboxylic acids is 2. The van der Waals surface area contributed by atoms with Crippen LogP contribution in [0.4, 0.5) is 11.6 Å². The summed E-state index contributed by atoms with van der Waals surface area (Å²) in [5.41, 5.74) is 7.01. The monoisotopic (exact) mass is 812 g/mol. The lowest BCUT2D eigenvalue weighted by molar-refractivity contribution is -0.140. The Morgan fingerprint density at radius 1 is 0.741 bits per heavy atom. The van der Waals surface area contributed by atoms with Crippen LogP contribution < -0.4 is 32.6 Å². The number of H-pyrrole nitrogens is 1. The molecule has 1 fully saturated rings. The molecule has 22 heteroatoms. The lowest BCUT2D eigenvalue weighted by Crippen LogP contribution is -2.43. The Bertz CT molecular complexity index is 1850. The van der Waals surface area contributed by atoms with E-state index in [0.717, 1.165) is 5.69 Å². The van der Waals surface area contributed by atoms with E-state index in [0.29, 0.717) is 89.9 Å². The maximum Gasteiger partial charge on any atom is 0.317 e. The van der Waals surface area contributed by atoms with E-state index in [1.807, 2.05) is 4.90 Å². The van der Waals surface area contributed by atoms with Crippen molar-refractivity contribution in [3.05, 3.63) is 52.1 Å². The molecule has 58 heavy (non-hydrogen) atoms. The van der Waals surface area contributed by atoms with Crippen LogP contribution in [0.2, 0.25) is 0 Å². The summed E-state index contributed by atoms with van der Waals surface area (Å²) in [6, 6.07) is 6.82. The Kier molecular flexibility index (Phi) is 18.6. The van der Waals surface area contributed by atoms with Gasteiger partial charge in [0.2, 0.25) is 17.8 Å². The standard InChI is InChI=1S/C36H52N12O10/c37-36-44-33-32(35(56)45-36)43-27(21-42-33)20-41-26-5-3-25(4-6-26)34(55)40-7-1-2-28(49)38-8-16-57-18-19-58-17-9-39-29(50)22-46-10-12-47(23-30(51)52)14-15-48(13-11-46)24-31(53)54/h3-6,21,41H,1-2,7-20,22-24H2,(H,38,49)(H,39,50)(H,40,55)(H,51,52)(H,53,54)(H3,37,42,44,45,56). The highest BCUT2D eigenvalue weighted by Gasteiger charge is 2.20. The molecule has 3 heterocycles. The Labute approximate surface area is 333 Å². The Morgan fingerprint density at radius 3 is 1.90 bits per heavy atom. The van der Waals surface area contributed by atoms with Gasteiger partial charge in [0.05, 0.1) is 64.5 Å². The van der Waals surface area contributed by atoms with Gasteiger partial charge in [0.25, 0.3) is 11.5 Å². The topological polar surface area (TPSA) is 300 Å². The van der Waals surface area contributed by atoms with E-state index in [4.69, 9.17) is 15.2 Å². The number of nitrogen functional groups attached to an aromatic ring is 1. The summed E-state index contributed by atoms with van der Waals surface area (Å²) in [6.07, 6.45) is 2.18. The van der Waals surface area contributed by atoms with Crippen LogP contribution in [0.5, 0.6) is 0 Å². The van der Waals surface area contributed by atoms with Crippen LogP contribution >= 0.6 is 0 Å². The van der Waals surface area contributed by atoms with Crippen LogP contribution in [0.1, 0.15) is 28.9 Å². The van der Waals surface area contributed by atoms with Gasteiger partial charge in [-0.3, -0.25) is 48.5 Å². The van der Waals surface area contributed by atoms with Gasteiger partial charge in [-0.15, -0.1) is 0 Å². The number of carboxylic acid groups (broad SMARTS) is 2. The van der Waals surface area contributed by atoms with Crippen LogP contribution in [0.15, 0.2) is 35.3 Å². The van der Waals surface area contributed by atoms with Gasteiger partial charge >= 0.3 is 11.9 Å². The molecule has 4 rings (SSSR count). The Morgan fingerprint density at radius 2 is 1.31 bits per heavy atom. The lowest BCUT2D eigenvalue weighted by atomic mass is 10.2. The molecule has 316 valence electrons. The molecule has 3 aromatic rings. The summed E-state index contributed by atoms with van der Waals surface area (Å²) in [4.78, 5) is 91.9. The van der Waals surface area contributed by atoms with E-state index < -0.39 is 17.5 Å². The number of carbonyl (C=O) groups excluding carboxylic acids is 3. The number of carbonyl (C=O) groups is 5. The molecule has 3 amide bonds. The van der Waals surface area contributed by atoms with E-state index in [2.05, 4.69) is 41.2 Å². The predicted octanol–water partition coefficient (Wildman–Crippen LogP) is -2.23. The maximum atomic E-state index is 12.5. The van der Waals surface area contributed by atoms with Crippen molar-refractivity contribution >= 4 is 52.5 Å². The Balaban J connectivity index is 0.981.